The molecule has 8 nitrogen and oxygen atoms in total. The molecular formula is C51H100N2O6. The number of allylic oxidation sites excluding steroid dienone is 1. The first kappa shape index (κ1) is 59.2. The fourth-order valence-corrected chi connectivity index (χ4v) is 7.13. The van der Waals surface area contributed by atoms with Crippen LogP contribution in [0.4, 0.5) is 0 Å². The summed E-state index contributed by atoms with van der Waals surface area (Å²) in [7, 11) is 0. The third-order valence-corrected chi connectivity index (χ3v) is 10.9. The number of rotatable bonds is 44. The van der Waals surface area contributed by atoms with Gasteiger partial charge < -0.3 is 25.3 Å². The number of esters is 3. The van der Waals surface area contributed by atoms with Crippen LogP contribution in [0.25, 0.3) is 0 Å². The molecule has 8 heteroatoms. The average molecular weight is 837 g/mol. The lowest BCUT2D eigenvalue weighted by Crippen LogP contribution is -2.24. The topological polar surface area (TPSA) is 117 Å². The summed E-state index contributed by atoms with van der Waals surface area (Å²) in [5.74, 6) is -0.298. The van der Waals surface area contributed by atoms with E-state index in [2.05, 4.69) is 46.0 Å². The van der Waals surface area contributed by atoms with Crippen LogP contribution in [0.5, 0.6) is 0 Å². The Balaban J connectivity index is 0. The van der Waals surface area contributed by atoms with Gasteiger partial charge in [-0.3, -0.25) is 14.4 Å². The number of carbonyl (C=O) groups is 3. The Morgan fingerprint density at radius 3 is 1.29 bits per heavy atom. The molecule has 0 aliphatic carbocycles. The molecule has 0 aromatic carbocycles. The van der Waals surface area contributed by atoms with E-state index in [-0.39, 0.29) is 30.1 Å². The van der Waals surface area contributed by atoms with Crippen molar-refractivity contribution in [3.8, 4) is 0 Å². The van der Waals surface area contributed by atoms with Crippen LogP contribution in [0.15, 0.2) is 12.2 Å². The maximum Gasteiger partial charge on any atom is 0.307 e. The van der Waals surface area contributed by atoms with Gasteiger partial charge in [0, 0.05) is 19.5 Å². The van der Waals surface area contributed by atoms with E-state index in [9.17, 15) is 14.4 Å². The molecule has 350 valence electrons. The van der Waals surface area contributed by atoms with Crippen molar-refractivity contribution in [1.29, 1.82) is 0 Å². The van der Waals surface area contributed by atoms with Crippen LogP contribution in [0.1, 0.15) is 259 Å². The van der Waals surface area contributed by atoms with E-state index in [4.69, 9.17) is 19.9 Å². The summed E-state index contributed by atoms with van der Waals surface area (Å²) in [5.41, 5.74) is 5.41. The number of nitrogens with two attached hydrogens (primary N) is 1. The normalized spacial score (nSPS) is 11.3. The van der Waals surface area contributed by atoms with E-state index in [1.165, 1.54) is 141 Å². The van der Waals surface area contributed by atoms with Gasteiger partial charge in [-0.15, -0.1) is 0 Å². The van der Waals surface area contributed by atoms with E-state index >= 15 is 0 Å². The molecule has 0 saturated carbocycles. The zero-order chi connectivity index (χ0) is 43.7. The number of ether oxygens (including phenoxy) is 3. The monoisotopic (exact) mass is 837 g/mol. The molecule has 0 aromatic rings. The van der Waals surface area contributed by atoms with Gasteiger partial charge in [-0.05, 0) is 83.6 Å². The van der Waals surface area contributed by atoms with Crippen LogP contribution in [0.3, 0.4) is 0 Å². The molecule has 0 radical (unpaired) electrons. The van der Waals surface area contributed by atoms with Gasteiger partial charge in [0.05, 0.1) is 12.8 Å². The highest BCUT2D eigenvalue weighted by Crippen LogP contribution is 2.18. The van der Waals surface area contributed by atoms with Gasteiger partial charge >= 0.3 is 17.9 Å². The smallest absolute Gasteiger partial charge is 0.307 e. The largest absolute Gasteiger partial charge is 0.462 e. The quantitative estimate of drug-likeness (QED) is 0.0270. The molecule has 0 aliphatic heterocycles. The molecule has 0 rings (SSSR count). The van der Waals surface area contributed by atoms with Gasteiger partial charge in [0.1, 0.15) is 18.8 Å². The number of unbranched alkanes of at least 4 members (excludes halogenated alkanes) is 22. The second-order valence-electron chi connectivity index (χ2n) is 16.9. The highest BCUT2D eigenvalue weighted by molar-refractivity contribution is 5.70. The first-order valence-electron chi connectivity index (χ1n) is 25.5. The molecule has 0 amide bonds. The summed E-state index contributed by atoms with van der Waals surface area (Å²) < 4.78 is 16.7. The summed E-state index contributed by atoms with van der Waals surface area (Å²) in [6.07, 6.45) is 43.7. The van der Waals surface area contributed by atoms with Crippen LogP contribution in [-0.2, 0) is 28.6 Å². The maximum atomic E-state index is 12.4. The van der Waals surface area contributed by atoms with Gasteiger partial charge in [-0.25, -0.2) is 0 Å². The Morgan fingerprint density at radius 1 is 0.441 bits per heavy atom. The molecule has 0 aliphatic rings. The van der Waals surface area contributed by atoms with Gasteiger partial charge in [0.2, 0.25) is 0 Å². The maximum absolute atomic E-state index is 12.4. The Kier molecular flexibility index (Phi) is 50.6. The molecular weight excluding hydrogens is 737 g/mol. The first-order chi connectivity index (χ1) is 28.9. The predicted octanol–water partition coefficient (Wildman–Crippen LogP) is 14.2. The summed E-state index contributed by atoms with van der Waals surface area (Å²) in [4.78, 5) is 35.8. The summed E-state index contributed by atoms with van der Waals surface area (Å²) >= 11 is 0. The molecule has 3 N–H and O–H groups in total. The van der Waals surface area contributed by atoms with Crippen molar-refractivity contribution in [3.63, 3.8) is 0 Å². The Labute approximate surface area is 366 Å². The fourth-order valence-electron chi connectivity index (χ4n) is 7.13. The first-order valence-corrected chi connectivity index (χ1v) is 25.5. The molecule has 0 spiro atoms. The SMILES string of the molecule is CCCCCC/C=C\COC(=O)CCCCCNCCC(=O)OC(CCCCCCC)CCCCCCC.CCCCCCCC(CCCCCCC)OC(=O)CCN. The Bertz CT molecular complexity index is 885. The van der Waals surface area contributed by atoms with Crippen molar-refractivity contribution in [3.05, 3.63) is 12.2 Å². The second kappa shape index (κ2) is 50.4. The fraction of sp³-hybridized carbons (Fsp3) is 0.902. The summed E-state index contributed by atoms with van der Waals surface area (Å²) in [6.45, 7) is 13.5. The molecule has 0 aromatic heterocycles. The van der Waals surface area contributed by atoms with Crippen molar-refractivity contribution in [2.75, 3.05) is 26.2 Å². The minimum atomic E-state index is -0.121. The second-order valence-corrected chi connectivity index (χ2v) is 16.9. The lowest BCUT2D eigenvalue weighted by Gasteiger charge is -2.18. The minimum absolute atomic E-state index is 0.0672. The third-order valence-electron chi connectivity index (χ3n) is 10.9. The van der Waals surface area contributed by atoms with Gasteiger partial charge in [0.25, 0.3) is 0 Å². The standard InChI is InChI=1S/C33H63NO4.C18H37NO2/c1-4-7-10-13-14-17-23-30-37-32(35)26-21-18-22-28-34-29-27-33(36)38-31(24-19-15-11-8-5-2)25-20-16-12-9-6-3;1-3-5-7-9-11-13-17(21-18(20)15-16-19)14-12-10-8-6-4-2/h17,23,31,34H,4-16,18-22,24-30H2,1-3H3;17H,3-16,19H2,1-2H3/b23-17-;. The zero-order valence-corrected chi connectivity index (χ0v) is 39.9. The summed E-state index contributed by atoms with van der Waals surface area (Å²) in [6, 6.07) is 0. The van der Waals surface area contributed by atoms with Crippen molar-refractivity contribution in [2.24, 2.45) is 5.73 Å². The van der Waals surface area contributed by atoms with Crippen molar-refractivity contribution in [1.82, 2.24) is 5.32 Å². The number of nitrogens with one attached hydrogen (secondary N) is 1. The number of carbonyl (C=O) groups excluding carboxylic acids is 3. The highest BCUT2D eigenvalue weighted by Gasteiger charge is 2.15. The Morgan fingerprint density at radius 2 is 0.847 bits per heavy atom. The van der Waals surface area contributed by atoms with E-state index in [1.807, 2.05) is 6.08 Å². The third kappa shape index (κ3) is 48.6. The molecule has 0 bridgehead atoms. The van der Waals surface area contributed by atoms with Crippen LogP contribution in [0.2, 0.25) is 0 Å². The molecule has 0 fully saturated rings. The molecule has 59 heavy (non-hydrogen) atoms. The van der Waals surface area contributed by atoms with E-state index < -0.39 is 0 Å². The predicted molar refractivity (Wildman–Crippen MR) is 252 cm³/mol. The lowest BCUT2D eigenvalue weighted by molar-refractivity contribution is -0.150. The van der Waals surface area contributed by atoms with Crippen molar-refractivity contribution >= 4 is 17.9 Å². The van der Waals surface area contributed by atoms with Gasteiger partial charge in [0.15, 0.2) is 0 Å². The number of hydrogen-bond acceptors (Lipinski definition) is 8. The van der Waals surface area contributed by atoms with Gasteiger partial charge in [-0.2, -0.15) is 0 Å². The molecule has 0 atom stereocenters. The average Bonchev–Trinajstić information content (AvgIpc) is 3.22. The van der Waals surface area contributed by atoms with E-state index in [1.54, 1.807) is 0 Å². The van der Waals surface area contributed by atoms with Crippen LogP contribution >= 0.6 is 0 Å². The Hall–Kier alpha value is -1.93. The minimum Gasteiger partial charge on any atom is -0.462 e. The van der Waals surface area contributed by atoms with Gasteiger partial charge in [-0.1, -0.05) is 175 Å². The molecule has 0 unspecified atom stereocenters. The number of hydrogen-bond donors (Lipinski definition) is 2. The van der Waals surface area contributed by atoms with Crippen LogP contribution in [-0.4, -0.2) is 56.4 Å². The van der Waals surface area contributed by atoms with Crippen LogP contribution in [0, 0.1) is 0 Å². The summed E-state index contributed by atoms with van der Waals surface area (Å²) in [5, 5.41) is 3.35. The molecule has 0 heterocycles. The lowest BCUT2D eigenvalue weighted by atomic mass is 10.0. The highest BCUT2D eigenvalue weighted by atomic mass is 16.5. The van der Waals surface area contributed by atoms with Crippen molar-refractivity contribution in [2.45, 2.75) is 272 Å². The van der Waals surface area contributed by atoms with Crippen LogP contribution < -0.4 is 11.1 Å². The van der Waals surface area contributed by atoms with E-state index in [0.29, 0.717) is 39.0 Å². The zero-order valence-electron chi connectivity index (χ0n) is 39.9. The van der Waals surface area contributed by atoms with E-state index in [0.717, 1.165) is 70.8 Å². The van der Waals surface area contributed by atoms with Crippen molar-refractivity contribution < 1.29 is 28.6 Å². The molecule has 0 saturated heterocycles.